The lowest BCUT2D eigenvalue weighted by atomic mass is 9.79. The summed E-state index contributed by atoms with van der Waals surface area (Å²) in [6.45, 7) is 5.44. The third kappa shape index (κ3) is 3.44. The molecule has 0 radical (unpaired) electrons. The van der Waals surface area contributed by atoms with Crippen molar-refractivity contribution in [3.05, 3.63) is 0 Å². The first-order valence-corrected chi connectivity index (χ1v) is 9.04. The topological polar surface area (TPSA) is 38.7 Å². The first-order valence-electron chi connectivity index (χ1n) is 9.04. The smallest absolute Gasteiger partial charge is 0.0613 e. The number of hydrogen-bond acceptors (Lipinski definition) is 4. The molecule has 3 rings (SSSR count). The minimum atomic E-state index is -0.0217. The summed E-state index contributed by atoms with van der Waals surface area (Å²) in [6.07, 6.45) is 10.4. The minimum Gasteiger partial charge on any atom is -0.394 e. The molecule has 1 aliphatic carbocycles. The van der Waals surface area contributed by atoms with Gasteiger partial charge in [-0.05, 0) is 65.1 Å². The number of aliphatic hydroxyl groups excluding tert-OH is 1. The summed E-state index contributed by atoms with van der Waals surface area (Å²) < 4.78 is 0. The van der Waals surface area contributed by atoms with Crippen LogP contribution < -0.4 is 5.32 Å². The molecule has 1 saturated carbocycles. The van der Waals surface area contributed by atoms with Gasteiger partial charge in [0.2, 0.25) is 0 Å². The average molecular weight is 295 g/mol. The number of nitrogens with one attached hydrogen (secondary N) is 1. The van der Waals surface area contributed by atoms with E-state index in [4.69, 9.17) is 0 Å². The van der Waals surface area contributed by atoms with Crippen LogP contribution in [0.4, 0.5) is 0 Å². The number of likely N-dealkylation sites (tertiary alicyclic amines) is 2. The number of piperidine rings is 1. The molecule has 0 amide bonds. The Morgan fingerprint density at radius 1 is 1.00 bits per heavy atom. The van der Waals surface area contributed by atoms with Gasteiger partial charge in [0.05, 0.1) is 6.61 Å². The van der Waals surface area contributed by atoms with Crippen molar-refractivity contribution in [1.82, 2.24) is 15.1 Å². The van der Waals surface area contributed by atoms with E-state index in [0.29, 0.717) is 6.04 Å². The minimum absolute atomic E-state index is 0.0217. The van der Waals surface area contributed by atoms with E-state index in [2.05, 4.69) is 15.1 Å². The lowest BCUT2D eigenvalue weighted by molar-refractivity contribution is 0.0685. The number of rotatable bonds is 4. The highest BCUT2D eigenvalue weighted by atomic mass is 16.3. The molecule has 0 bridgehead atoms. The molecular weight excluding hydrogens is 262 g/mol. The normalized spacial score (nSPS) is 39.7. The molecule has 21 heavy (non-hydrogen) atoms. The van der Waals surface area contributed by atoms with Crippen LogP contribution >= 0.6 is 0 Å². The summed E-state index contributed by atoms with van der Waals surface area (Å²) in [5.41, 5.74) is -0.0217. The van der Waals surface area contributed by atoms with Crippen molar-refractivity contribution in [1.29, 1.82) is 0 Å². The van der Waals surface area contributed by atoms with Crippen molar-refractivity contribution in [2.24, 2.45) is 0 Å². The quantitative estimate of drug-likeness (QED) is 0.823. The molecule has 0 aromatic rings. The Morgan fingerprint density at radius 3 is 2.52 bits per heavy atom. The molecule has 3 aliphatic rings. The average Bonchev–Trinajstić information content (AvgIpc) is 3.06. The summed E-state index contributed by atoms with van der Waals surface area (Å²) in [6, 6.07) is 1.47. The highest BCUT2D eigenvalue weighted by molar-refractivity contribution is 4.98. The van der Waals surface area contributed by atoms with Gasteiger partial charge in [0.25, 0.3) is 0 Å². The van der Waals surface area contributed by atoms with E-state index in [1.165, 1.54) is 64.7 Å². The van der Waals surface area contributed by atoms with Gasteiger partial charge in [-0.15, -0.1) is 0 Å². The predicted octanol–water partition coefficient (Wildman–Crippen LogP) is 1.44. The molecule has 3 fully saturated rings. The predicted molar refractivity (Wildman–Crippen MR) is 86.5 cm³/mol. The molecule has 3 atom stereocenters. The first-order chi connectivity index (χ1) is 10.3. The Bertz CT molecular complexity index is 326. The number of aliphatic hydroxyl groups is 1. The van der Waals surface area contributed by atoms with E-state index in [1.54, 1.807) is 0 Å². The fourth-order valence-electron chi connectivity index (χ4n) is 4.77. The molecule has 122 valence electrons. The van der Waals surface area contributed by atoms with E-state index in [0.717, 1.165) is 18.9 Å². The number of nitrogens with zero attached hydrogens (tertiary/aromatic N) is 2. The Kier molecular flexibility index (Phi) is 5.20. The fraction of sp³-hybridized carbons (Fsp3) is 1.00. The summed E-state index contributed by atoms with van der Waals surface area (Å²) in [4.78, 5) is 5.46. The molecule has 0 aromatic heterocycles. The molecule has 2 aliphatic heterocycles. The van der Waals surface area contributed by atoms with Crippen LogP contribution in [0.25, 0.3) is 0 Å². The zero-order valence-electron chi connectivity index (χ0n) is 13.7. The fourth-order valence-corrected chi connectivity index (χ4v) is 4.77. The van der Waals surface area contributed by atoms with E-state index in [-0.39, 0.29) is 12.1 Å². The maximum Gasteiger partial charge on any atom is 0.0613 e. The van der Waals surface area contributed by atoms with Crippen LogP contribution in [0.2, 0.25) is 0 Å². The van der Waals surface area contributed by atoms with Crippen LogP contribution in [0, 0.1) is 0 Å². The lowest BCUT2D eigenvalue weighted by Crippen LogP contribution is -2.54. The van der Waals surface area contributed by atoms with Gasteiger partial charge in [0.15, 0.2) is 0 Å². The Balaban J connectivity index is 1.55. The maximum atomic E-state index is 9.77. The van der Waals surface area contributed by atoms with Gasteiger partial charge in [-0.3, -0.25) is 9.80 Å². The maximum absolute atomic E-state index is 9.77. The van der Waals surface area contributed by atoms with Crippen LogP contribution in [0.1, 0.15) is 51.4 Å². The third-order valence-corrected chi connectivity index (χ3v) is 6.27. The zero-order chi connectivity index (χ0) is 14.7. The van der Waals surface area contributed by atoms with Crippen molar-refractivity contribution in [3.8, 4) is 0 Å². The van der Waals surface area contributed by atoms with E-state index in [9.17, 15) is 5.11 Å². The van der Waals surface area contributed by atoms with Crippen LogP contribution in [-0.4, -0.2) is 72.4 Å². The summed E-state index contributed by atoms with van der Waals surface area (Å²) >= 11 is 0. The zero-order valence-corrected chi connectivity index (χ0v) is 13.7. The molecule has 4 nitrogen and oxygen atoms in total. The van der Waals surface area contributed by atoms with Gasteiger partial charge >= 0.3 is 0 Å². The van der Waals surface area contributed by atoms with Gasteiger partial charge in [-0.25, -0.2) is 0 Å². The van der Waals surface area contributed by atoms with Crippen molar-refractivity contribution >= 4 is 0 Å². The second-order valence-corrected chi connectivity index (χ2v) is 7.47. The van der Waals surface area contributed by atoms with Gasteiger partial charge in [-0.1, -0.05) is 6.42 Å². The second-order valence-electron chi connectivity index (χ2n) is 7.47. The summed E-state index contributed by atoms with van der Waals surface area (Å²) in [7, 11) is 2.01. The van der Waals surface area contributed by atoms with Crippen LogP contribution in [0.3, 0.4) is 0 Å². The van der Waals surface area contributed by atoms with Crippen molar-refractivity contribution in [3.63, 3.8) is 0 Å². The Morgan fingerprint density at radius 2 is 1.81 bits per heavy atom. The van der Waals surface area contributed by atoms with Crippen molar-refractivity contribution in [2.45, 2.75) is 69.0 Å². The third-order valence-electron chi connectivity index (χ3n) is 6.27. The highest BCUT2D eigenvalue weighted by Crippen LogP contribution is 2.33. The standard InChI is InChI=1S/C17H33N3O/c1-18-17(14-21)8-5-6-15(12-17)20-11-7-16(13-20)19-9-3-2-4-10-19/h15-16,18,21H,2-14H2,1H3. The van der Waals surface area contributed by atoms with Gasteiger partial charge in [0, 0.05) is 30.7 Å². The number of likely N-dealkylation sites (N-methyl/N-ethyl adjacent to an activating group) is 1. The van der Waals surface area contributed by atoms with E-state index in [1.807, 2.05) is 7.05 Å². The van der Waals surface area contributed by atoms with E-state index < -0.39 is 0 Å². The monoisotopic (exact) mass is 295 g/mol. The summed E-state index contributed by atoms with van der Waals surface area (Å²) in [5, 5.41) is 13.2. The Labute approximate surface area is 129 Å². The van der Waals surface area contributed by atoms with E-state index >= 15 is 0 Å². The molecule has 4 heteroatoms. The molecule has 2 heterocycles. The largest absolute Gasteiger partial charge is 0.394 e. The van der Waals surface area contributed by atoms with Crippen LogP contribution in [0.5, 0.6) is 0 Å². The van der Waals surface area contributed by atoms with Crippen LogP contribution in [0.15, 0.2) is 0 Å². The SMILES string of the molecule is CNC1(CO)CCCC(N2CCC(N3CCCCC3)C2)C1. The molecule has 0 spiro atoms. The Hall–Kier alpha value is -0.160. The highest BCUT2D eigenvalue weighted by Gasteiger charge is 2.39. The molecule has 2 saturated heterocycles. The van der Waals surface area contributed by atoms with Crippen molar-refractivity contribution < 1.29 is 5.11 Å². The van der Waals surface area contributed by atoms with Crippen LogP contribution in [-0.2, 0) is 0 Å². The van der Waals surface area contributed by atoms with Gasteiger partial charge < -0.3 is 10.4 Å². The lowest BCUT2D eigenvalue weighted by Gasteiger charge is -2.43. The number of hydrogen-bond donors (Lipinski definition) is 2. The molecule has 3 unspecified atom stereocenters. The molecule has 0 aromatic carbocycles. The van der Waals surface area contributed by atoms with Gasteiger partial charge in [0.1, 0.15) is 0 Å². The summed E-state index contributed by atoms with van der Waals surface area (Å²) in [5.74, 6) is 0. The molecule has 2 N–H and O–H groups in total. The van der Waals surface area contributed by atoms with Crippen molar-refractivity contribution in [2.75, 3.05) is 39.8 Å². The van der Waals surface area contributed by atoms with Gasteiger partial charge in [-0.2, -0.15) is 0 Å². The second kappa shape index (κ2) is 6.95. The first kappa shape index (κ1) is 15.7. The molecular formula is C17H33N3O.